The average Bonchev–Trinajstić information content (AvgIpc) is 2.34. The fourth-order valence-corrected chi connectivity index (χ4v) is 1.29. The van der Waals surface area contributed by atoms with E-state index in [1.54, 1.807) is 12.1 Å². The fraction of sp³-hybridized carbons (Fsp3) is 0.462. The maximum atomic E-state index is 12.3. The molecule has 1 rings (SSSR count). The number of hydrogen-bond acceptors (Lipinski definition) is 2. The molecule has 2 nitrogen and oxygen atoms in total. The molecular weight excluding hydrogens is 224 g/mol. The van der Waals surface area contributed by atoms with Gasteiger partial charge in [0, 0.05) is 5.56 Å². The zero-order chi connectivity index (χ0) is 12.5. The summed E-state index contributed by atoms with van der Waals surface area (Å²) < 4.78 is 24.5. The van der Waals surface area contributed by atoms with E-state index in [-0.39, 0.29) is 5.56 Å². The van der Waals surface area contributed by atoms with Crippen LogP contribution in [0.15, 0.2) is 29.4 Å². The predicted molar refractivity (Wildman–Crippen MR) is 64.5 cm³/mol. The number of alkyl halides is 2. The molecule has 4 heteroatoms. The summed E-state index contributed by atoms with van der Waals surface area (Å²) in [5.74, 6) is 0. The molecule has 0 N–H and O–H groups in total. The number of hydrogen-bond donors (Lipinski definition) is 0. The zero-order valence-electron chi connectivity index (χ0n) is 9.90. The highest BCUT2D eigenvalue weighted by atomic mass is 19.3. The van der Waals surface area contributed by atoms with Crippen molar-refractivity contribution >= 4 is 6.21 Å². The van der Waals surface area contributed by atoms with Gasteiger partial charge in [-0.3, -0.25) is 0 Å². The minimum Gasteiger partial charge on any atom is -0.396 e. The van der Waals surface area contributed by atoms with Gasteiger partial charge in [-0.1, -0.05) is 49.2 Å². The van der Waals surface area contributed by atoms with E-state index >= 15 is 0 Å². The highest BCUT2D eigenvalue weighted by Crippen LogP contribution is 2.18. The smallest absolute Gasteiger partial charge is 0.263 e. The molecule has 0 aromatic heterocycles. The summed E-state index contributed by atoms with van der Waals surface area (Å²) in [6.45, 7) is 2.72. The van der Waals surface area contributed by atoms with E-state index in [2.05, 4.69) is 12.1 Å². The first-order valence-electron chi connectivity index (χ1n) is 5.77. The van der Waals surface area contributed by atoms with E-state index in [0.717, 1.165) is 24.8 Å². The van der Waals surface area contributed by atoms with Crippen molar-refractivity contribution in [3.8, 4) is 0 Å². The SMILES string of the molecule is CCCCCON=Cc1ccc(C(F)F)cc1. The van der Waals surface area contributed by atoms with Crippen LogP contribution in [0.4, 0.5) is 8.78 Å². The maximum Gasteiger partial charge on any atom is 0.263 e. The van der Waals surface area contributed by atoms with Gasteiger partial charge >= 0.3 is 0 Å². The van der Waals surface area contributed by atoms with Gasteiger partial charge in [0.25, 0.3) is 6.43 Å². The molecule has 0 unspecified atom stereocenters. The van der Waals surface area contributed by atoms with E-state index in [4.69, 9.17) is 4.84 Å². The minimum absolute atomic E-state index is 0.0195. The van der Waals surface area contributed by atoms with Crippen molar-refractivity contribution in [1.29, 1.82) is 0 Å². The first kappa shape index (κ1) is 13.6. The van der Waals surface area contributed by atoms with Crippen LogP contribution in [0.25, 0.3) is 0 Å². The van der Waals surface area contributed by atoms with Crippen molar-refractivity contribution in [2.45, 2.75) is 32.6 Å². The Labute approximate surface area is 100 Å². The van der Waals surface area contributed by atoms with Gasteiger partial charge < -0.3 is 4.84 Å². The highest BCUT2D eigenvalue weighted by molar-refractivity contribution is 5.79. The molecular formula is C13H17F2NO. The lowest BCUT2D eigenvalue weighted by Gasteiger charge is -2.00. The molecule has 94 valence electrons. The van der Waals surface area contributed by atoms with Gasteiger partial charge in [0.2, 0.25) is 0 Å². The third-order valence-electron chi connectivity index (χ3n) is 2.30. The lowest BCUT2D eigenvalue weighted by molar-refractivity contribution is 0.141. The van der Waals surface area contributed by atoms with Crippen LogP contribution in [0.3, 0.4) is 0 Å². The summed E-state index contributed by atoms with van der Waals surface area (Å²) in [6, 6.07) is 5.98. The molecule has 0 aliphatic rings. The van der Waals surface area contributed by atoms with Crippen molar-refractivity contribution in [3.63, 3.8) is 0 Å². The molecule has 0 saturated heterocycles. The Balaban J connectivity index is 2.33. The van der Waals surface area contributed by atoms with Gasteiger partial charge in [0.05, 0.1) is 6.21 Å². The molecule has 0 aliphatic carbocycles. The van der Waals surface area contributed by atoms with Gasteiger partial charge in [0.15, 0.2) is 0 Å². The Hall–Kier alpha value is -1.45. The Morgan fingerprint density at radius 2 is 1.94 bits per heavy atom. The second-order valence-corrected chi connectivity index (χ2v) is 3.74. The molecule has 0 bridgehead atoms. The van der Waals surface area contributed by atoms with Crippen LogP contribution >= 0.6 is 0 Å². The van der Waals surface area contributed by atoms with Gasteiger partial charge in [0.1, 0.15) is 6.61 Å². The van der Waals surface area contributed by atoms with E-state index in [9.17, 15) is 8.78 Å². The van der Waals surface area contributed by atoms with Crippen LogP contribution in [0.1, 0.15) is 43.7 Å². The van der Waals surface area contributed by atoms with Crippen LogP contribution in [0.2, 0.25) is 0 Å². The topological polar surface area (TPSA) is 21.6 Å². The molecule has 0 spiro atoms. The number of oxime groups is 1. The average molecular weight is 241 g/mol. The van der Waals surface area contributed by atoms with Gasteiger partial charge in [-0.15, -0.1) is 0 Å². The summed E-state index contributed by atoms with van der Waals surface area (Å²) in [5.41, 5.74) is 0.774. The molecule has 1 aromatic carbocycles. The molecule has 0 saturated carbocycles. The monoisotopic (exact) mass is 241 g/mol. The van der Waals surface area contributed by atoms with Crippen molar-refractivity contribution in [1.82, 2.24) is 0 Å². The first-order chi connectivity index (χ1) is 8.24. The lowest BCUT2D eigenvalue weighted by Crippen LogP contribution is -1.90. The van der Waals surface area contributed by atoms with E-state index < -0.39 is 6.43 Å². The van der Waals surface area contributed by atoms with Crippen molar-refractivity contribution < 1.29 is 13.6 Å². The third kappa shape index (κ3) is 5.43. The highest BCUT2D eigenvalue weighted by Gasteiger charge is 2.04. The van der Waals surface area contributed by atoms with Crippen molar-refractivity contribution in [3.05, 3.63) is 35.4 Å². The Morgan fingerprint density at radius 3 is 2.53 bits per heavy atom. The normalized spacial score (nSPS) is 11.3. The van der Waals surface area contributed by atoms with E-state index in [1.165, 1.54) is 18.3 Å². The molecule has 17 heavy (non-hydrogen) atoms. The summed E-state index contributed by atoms with van der Waals surface area (Å²) in [6.07, 6.45) is 2.35. The standard InChI is InChI=1S/C13H17F2NO/c1-2-3-4-9-17-16-10-11-5-7-12(8-6-11)13(14)15/h5-8,10,13H,2-4,9H2,1H3. The van der Waals surface area contributed by atoms with Crippen molar-refractivity contribution in [2.24, 2.45) is 5.16 Å². The Kier molecular flexibility index (Phi) is 6.22. The van der Waals surface area contributed by atoms with E-state index in [0.29, 0.717) is 6.61 Å². The number of unbranched alkanes of at least 4 members (excludes halogenated alkanes) is 2. The molecule has 0 amide bonds. The van der Waals surface area contributed by atoms with Crippen LogP contribution in [0.5, 0.6) is 0 Å². The van der Waals surface area contributed by atoms with Crippen LogP contribution in [-0.4, -0.2) is 12.8 Å². The van der Waals surface area contributed by atoms with Gasteiger partial charge in [-0.05, 0) is 12.0 Å². The van der Waals surface area contributed by atoms with Crippen LogP contribution < -0.4 is 0 Å². The fourth-order valence-electron chi connectivity index (χ4n) is 1.29. The summed E-state index contributed by atoms with van der Waals surface area (Å²) >= 11 is 0. The summed E-state index contributed by atoms with van der Waals surface area (Å²) in [4.78, 5) is 5.04. The summed E-state index contributed by atoms with van der Waals surface area (Å²) in [5, 5.41) is 3.78. The van der Waals surface area contributed by atoms with Crippen LogP contribution in [0, 0.1) is 0 Å². The maximum absolute atomic E-state index is 12.3. The van der Waals surface area contributed by atoms with Gasteiger partial charge in [-0.25, -0.2) is 8.78 Å². The molecule has 0 heterocycles. The predicted octanol–water partition coefficient (Wildman–Crippen LogP) is 4.16. The Morgan fingerprint density at radius 1 is 1.24 bits per heavy atom. The van der Waals surface area contributed by atoms with Gasteiger partial charge in [-0.2, -0.15) is 0 Å². The van der Waals surface area contributed by atoms with Crippen LogP contribution in [-0.2, 0) is 4.84 Å². The minimum atomic E-state index is -2.42. The molecule has 0 radical (unpaired) electrons. The molecule has 0 atom stereocenters. The summed E-state index contributed by atoms with van der Waals surface area (Å²) in [7, 11) is 0. The largest absolute Gasteiger partial charge is 0.396 e. The number of nitrogens with zero attached hydrogens (tertiary/aromatic N) is 1. The lowest BCUT2D eigenvalue weighted by atomic mass is 10.1. The second kappa shape index (κ2) is 7.76. The molecule has 0 fully saturated rings. The first-order valence-corrected chi connectivity index (χ1v) is 5.77. The zero-order valence-corrected chi connectivity index (χ0v) is 9.90. The molecule has 0 aliphatic heterocycles. The third-order valence-corrected chi connectivity index (χ3v) is 2.30. The number of rotatable bonds is 7. The number of halogens is 2. The molecule has 1 aromatic rings. The van der Waals surface area contributed by atoms with E-state index in [1.807, 2.05) is 0 Å². The second-order valence-electron chi connectivity index (χ2n) is 3.74. The Bertz CT molecular complexity index is 336. The quantitative estimate of drug-likeness (QED) is 0.399. The van der Waals surface area contributed by atoms with Crippen molar-refractivity contribution in [2.75, 3.05) is 6.61 Å². The number of benzene rings is 1.